The molecule has 8 heteroatoms. The Kier molecular flexibility index (Phi) is 5.86. The number of imide groups is 1. The molecule has 1 aromatic rings. The van der Waals surface area contributed by atoms with Gasteiger partial charge in [-0.3, -0.25) is 14.5 Å². The molecule has 2 rings (SSSR count). The van der Waals surface area contributed by atoms with Crippen LogP contribution in [0.4, 0.5) is 4.79 Å². The van der Waals surface area contributed by atoms with E-state index in [1.807, 2.05) is 0 Å². The second-order valence-electron chi connectivity index (χ2n) is 4.92. The number of ether oxygens (including phenoxy) is 2. The summed E-state index contributed by atoms with van der Waals surface area (Å²) >= 11 is 0.813. The van der Waals surface area contributed by atoms with E-state index in [0.717, 1.165) is 16.7 Å². The SMILES string of the molecule is COc1ccc(/C=C2\SC(=O)N(CCCC(=O)[O-])C2=O)c(OC)c1. The summed E-state index contributed by atoms with van der Waals surface area (Å²) < 4.78 is 10.4. The van der Waals surface area contributed by atoms with Crippen molar-refractivity contribution < 1.29 is 29.0 Å². The van der Waals surface area contributed by atoms with Gasteiger partial charge in [-0.2, -0.15) is 0 Å². The molecule has 0 saturated carbocycles. The van der Waals surface area contributed by atoms with E-state index in [-0.39, 0.29) is 24.3 Å². The molecule has 0 unspecified atom stereocenters. The third kappa shape index (κ3) is 4.08. The van der Waals surface area contributed by atoms with Crippen LogP contribution >= 0.6 is 11.8 Å². The molecule has 0 bridgehead atoms. The van der Waals surface area contributed by atoms with Gasteiger partial charge in [0.25, 0.3) is 11.1 Å². The maximum absolute atomic E-state index is 12.3. The molecule has 1 aromatic carbocycles. The summed E-state index contributed by atoms with van der Waals surface area (Å²) in [6.45, 7) is 0.0513. The second kappa shape index (κ2) is 7.87. The maximum atomic E-state index is 12.3. The Labute approximate surface area is 143 Å². The van der Waals surface area contributed by atoms with Gasteiger partial charge in [-0.1, -0.05) is 0 Å². The third-order valence-electron chi connectivity index (χ3n) is 3.36. The van der Waals surface area contributed by atoms with Gasteiger partial charge in [0.2, 0.25) is 0 Å². The summed E-state index contributed by atoms with van der Waals surface area (Å²) in [6, 6.07) is 5.12. The first-order chi connectivity index (χ1) is 11.5. The number of nitrogens with zero attached hydrogens (tertiary/aromatic N) is 1. The first kappa shape index (κ1) is 17.9. The van der Waals surface area contributed by atoms with Crippen molar-refractivity contribution in [3.05, 3.63) is 28.7 Å². The van der Waals surface area contributed by atoms with Gasteiger partial charge < -0.3 is 19.4 Å². The normalized spacial score (nSPS) is 15.9. The Balaban J connectivity index is 2.18. The number of aliphatic carboxylic acids is 1. The number of thioether (sulfide) groups is 1. The number of carboxylic acids is 1. The Morgan fingerprint density at radius 1 is 1.29 bits per heavy atom. The zero-order chi connectivity index (χ0) is 17.7. The molecule has 0 N–H and O–H groups in total. The van der Waals surface area contributed by atoms with Crippen LogP contribution in [0.25, 0.3) is 6.08 Å². The topological polar surface area (TPSA) is 96.0 Å². The lowest BCUT2D eigenvalue weighted by molar-refractivity contribution is -0.305. The smallest absolute Gasteiger partial charge is 0.293 e. The Morgan fingerprint density at radius 2 is 2.04 bits per heavy atom. The number of benzene rings is 1. The molecule has 0 spiro atoms. The van der Waals surface area contributed by atoms with E-state index in [9.17, 15) is 19.5 Å². The van der Waals surface area contributed by atoms with Gasteiger partial charge in [0.15, 0.2) is 0 Å². The highest BCUT2D eigenvalue weighted by Gasteiger charge is 2.34. The monoisotopic (exact) mass is 350 g/mol. The summed E-state index contributed by atoms with van der Waals surface area (Å²) in [5.41, 5.74) is 0.638. The molecule has 24 heavy (non-hydrogen) atoms. The minimum atomic E-state index is -1.21. The van der Waals surface area contributed by atoms with Gasteiger partial charge in [0.05, 0.1) is 19.1 Å². The molecule has 0 aromatic heterocycles. The quantitative estimate of drug-likeness (QED) is 0.683. The molecule has 0 radical (unpaired) electrons. The molecule has 0 aliphatic carbocycles. The minimum absolute atomic E-state index is 0.0513. The van der Waals surface area contributed by atoms with Crippen molar-refractivity contribution in [3.63, 3.8) is 0 Å². The summed E-state index contributed by atoms with van der Waals surface area (Å²) in [6.07, 6.45) is 1.54. The molecule has 1 saturated heterocycles. The predicted molar refractivity (Wildman–Crippen MR) is 86.5 cm³/mol. The third-order valence-corrected chi connectivity index (χ3v) is 4.27. The first-order valence-corrected chi connectivity index (χ1v) is 7.95. The van der Waals surface area contributed by atoms with Gasteiger partial charge >= 0.3 is 0 Å². The largest absolute Gasteiger partial charge is 0.550 e. The summed E-state index contributed by atoms with van der Waals surface area (Å²) in [7, 11) is 3.03. The van der Waals surface area contributed by atoms with Crippen LogP contribution in [0.1, 0.15) is 18.4 Å². The van der Waals surface area contributed by atoms with E-state index < -0.39 is 17.1 Å². The Hall–Kier alpha value is -2.48. The minimum Gasteiger partial charge on any atom is -0.550 e. The average molecular weight is 350 g/mol. The number of hydrogen-bond donors (Lipinski definition) is 0. The zero-order valence-electron chi connectivity index (χ0n) is 13.2. The summed E-state index contributed by atoms with van der Waals surface area (Å²) in [5, 5.41) is 10.0. The van der Waals surface area contributed by atoms with Gasteiger partial charge in [-0.05, 0) is 42.8 Å². The van der Waals surface area contributed by atoms with E-state index >= 15 is 0 Å². The van der Waals surface area contributed by atoms with Crippen LogP contribution in [-0.4, -0.2) is 42.8 Å². The van der Waals surface area contributed by atoms with E-state index in [0.29, 0.717) is 17.1 Å². The number of methoxy groups -OCH3 is 2. The second-order valence-corrected chi connectivity index (χ2v) is 5.91. The van der Waals surface area contributed by atoms with Gasteiger partial charge in [-0.25, -0.2) is 0 Å². The van der Waals surface area contributed by atoms with Crippen molar-refractivity contribution in [1.82, 2.24) is 4.90 Å². The number of hydrogen-bond acceptors (Lipinski definition) is 7. The van der Waals surface area contributed by atoms with Crippen LogP contribution in [0.15, 0.2) is 23.1 Å². The molecular formula is C16H16NO6S-. The number of carbonyl (C=O) groups excluding carboxylic acids is 3. The molecular weight excluding hydrogens is 334 g/mol. The lowest BCUT2D eigenvalue weighted by Crippen LogP contribution is -2.30. The number of carboxylic acid groups (broad SMARTS) is 1. The molecule has 1 aliphatic heterocycles. The molecule has 128 valence electrons. The predicted octanol–water partition coefficient (Wildman–Crippen LogP) is 1.27. The summed E-state index contributed by atoms with van der Waals surface area (Å²) in [5.74, 6) is -0.529. The van der Waals surface area contributed by atoms with Crippen molar-refractivity contribution in [2.24, 2.45) is 0 Å². The lowest BCUT2D eigenvalue weighted by atomic mass is 10.1. The van der Waals surface area contributed by atoms with E-state index in [1.54, 1.807) is 24.3 Å². The molecule has 1 aliphatic rings. The van der Waals surface area contributed by atoms with Gasteiger partial charge in [0.1, 0.15) is 11.5 Å². The highest BCUT2D eigenvalue weighted by Crippen LogP contribution is 2.35. The van der Waals surface area contributed by atoms with Crippen molar-refractivity contribution in [2.75, 3.05) is 20.8 Å². The fourth-order valence-electron chi connectivity index (χ4n) is 2.15. The number of rotatable bonds is 7. The number of amides is 2. The van der Waals surface area contributed by atoms with Crippen LogP contribution in [0.3, 0.4) is 0 Å². The average Bonchev–Trinajstić information content (AvgIpc) is 2.82. The van der Waals surface area contributed by atoms with Crippen LogP contribution in [0, 0.1) is 0 Å². The Morgan fingerprint density at radius 3 is 2.67 bits per heavy atom. The highest BCUT2D eigenvalue weighted by molar-refractivity contribution is 8.18. The number of carbonyl (C=O) groups is 3. The molecule has 7 nitrogen and oxygen atoms in total. The van der Waals surface area contributed by atoms with Gasteiger partial charge in [0, 0.05) is 24.1 Å². The lowest BCUT2D eigenvalue weighted by Gasteiger charge is -2.12. The Bertz CT molecular complexity index is 700. The standard InChI is InChI=1S/C16H17NO6S/c1-22-11-6-5-10(12(9-11)23-2)8-13-15(20)17(16(21)24-13)7-3-4-14(18)19/h5-6,8-9H,3-4,7H2,1-2H3,(H,18,19)/p-1/b13-8-. The van der Waals surface area contributed by atoms with E-state index in [4.69, 9.17) is 9.47 Å². The fourth-order valence-corrected chi connectivity index (χ4v) is 3.01. The van der Waals surface area contributed by atoms with E-state index in [1.165, 1.54) is 14.2 Å². The molecule has 0 atom stereocenters. The van der Waals surface area contributed by atoms with E-state index in [2.05, 4.69) is 0 Å². The molecule has 1 heterocycles. The maximum Gasteiger partial charge on any atom is 0.293 e. The van der Waals surface area contributed by atoms with Crippen LogP contribution in [-0.2, 0) is 9.59 Å². The molecule has 2 amide bonds. The van der Waals surface area contributed by atoms with Crippen molar-refractivity contribution in [3.8, 4) is 11.5 Å². The zero-order valence-corrected chi connectivity index (χ0v) is 14.1. The first-order valence-electron chi connectivity index (χ1n) is 7.13. The van der Waals surface area contributed by atoms with Crippen LogP contribution < -0.4 is 14.6 Å². The fraction of sp³-hybridized carbons (Fsp3) is 0.312. The van der Waals surface area contributed by atoms with Crippen molar-refractivity contribution >= 4 is 35.0 Å². The summed E-state index contributed by atoms with van der Waals surface area (Å²) in [4.78, 5) is 36.0. The van der Waals surface area contributed by atoms with Crippen molar-refractivity contribution in [2.45, 2.75) is 12.8 Å². The molecule has 1 fully saturated rings. The van der Waals surface area contributed by atoms with Gasteiger partial charge in [-0.15, -0.1) is 0 Å². The van der Waals surface area contributed by atoms with Crippen molar-refractivity contribution in [1.29, 1.82) is 0 Å². The highest BCUT2D eigenvalue weighted by atomic mass is 32.2. The van der Waals surface area contributed by atoms with Crippen LogP contribution in [0.5, 0.6) is 11.5 Å². The van der Waals surface area contributed by atoms with Crippen LogP contribution in [0.2, 0.25) is 0 Å².